The van der Waals surface area contributed by atoms with Gasteiger partial charge in [-0.15, -0.1) is 4.91 Å². The largest absolute Gasteiger partial charge is 0.395 e. The van der Waals surface area contributed by atoms with E-state index in [9.17, 15) is 9.70 Å². The minimum Gasteiger partial charge on any atom is -0.395 e. The van der Waals surface area contributed by atoms with E-state index in [2.05, 4.69) is 5.18 Å². The lowest BCUT2D eigenvalue weighted by Gasteiger charge is -2.20. The Balaban J connectivity index is 4.22. The molecule has 0 aromatic heterocycles. The van der Waals surface area contributed by atoms with Crippen LogP contribution in [0.5, 0.6) is 0 Å². The molecule has 12 heavy (non-hydrogen) atoms. The normalized spacial score (nSPS) is 15.2. The SMILES string of the molecule is CCOCC(C)(CO)C(=O)N=O. The number of amides is 1. The fourth-order valence-electron chi connectivity index (χ4n) is 0.613. The zero-order valence-corrected chi connectivity index (χ0v) is 7.24. The number of hydrogen-bond acceptors (Lipinski definition) is 4. The van der Waals surface area contributed by atoms with Crippen molar-refractivity contribution in [3.05, 3.63) is 4.91 Å². The molecule has 5 nitrogen and oxygen atoms in total. The Morgan fingerprint density at radius 2 is 2.25 bits per heavy atom. The van der Waals surface area contributed by atoms with Crippen LogP contribution < -0.4 is 0 Å². The van der Waals surface area contributed by atoms with Crippen LogP contribution in [0.3, 0.4) is 0 Å². The molecule has 0 heterocycles. The van der Waals surface area contributed by atoms with Crippen molar-refractivity contribution in [3.63, 3.8) is 0 Å². The molecular formula is C7H13NO4. The molecule has 0 saturated carbocycles. The van der Waals surface area contributed by atoms with E-state index in [4.69, 9.17) is 9.84 Å². The van der Waals surface area contributed by atoms with Crippen molar-refractivity contribution >= 4 is 5.91 Å². The molecule has 1 atom stereocenters. The third-order valence-corrected chi connectivity index (χ3v) is 1.57. The zero-order valence-electron chi connectivity index (χ0n) is 7.24. The van der Waals surface area contributed by atoms with Crippen molar-refractivity contribution < 1.29 is 14.6 Å². The molecule has 0 aliphatic heterocycles. The topological polar surface area (TPSA) is 76.0 Å². The molecule has 0 bridgehead atoms. The summed E-state index contributed by atoms with van der Waals surface area (Å²) in [6.45, 7) is 3.22. The average molecular weight is 175 g/mol. The number of carbonyl (C=O) groups is 1. The highest BCUT2D eigenvalue weighted by atomic mass is 16.5. The predicted octanol–water partition coefficient (Wildman–Crippen LogP) is 0.314. The second-order valence-electron chi connectivity index (χ2n) is 2.75. The third-order valence-electron chi connectivity index (χ3n) is 1.57. The molecule has 5 heteroatoms. The van der Waals surface area contributed by atoms with Crippen LogP contribution in [0, 0.1) is 10.3 Å². The van der Waals surface area contributed by atoms with E-state index in [1.54, 1.807) is 6.92 Å². The third kappa shape index (κ3) is 2.67. The summed E-state index contributed by atoms with van der Waals surface area (Å²) < 4.78 is 4.93. The Labute approximate surface area is 70.7 Å². The number of rotatable bonds is 5. The maximum Gasteiger partial charge on any atom is 0.296 e. The van der Waals surface area contributed by atoms with Crippen LogP contribution >= 0.6 is 0 Å². The Bertz CT molecular complexity index is 171. The highest BCUT2D eigenvalue weighted by Gasteiger charge is 2.33. The summed E-state index contributed by atoms with van der Waals surface area (Å²) in [7, 11) is 0. The van der Waals surface area contributed by atoms with Crippen LogP contribution in [0.4, 0.5) is 0 Å². The predicted molar refractivity (Wildman–Crippen MR) is 42.5 cm³/mol. The fraction of sp³-hybridized carbons (Fsp3) is 0.857. The molecule has 0 radical (unpaired) electrons. The van der Waals surface area contributed by atoms with Gasteiger partial charge in [-0.3, -0.25) is 4.79 Å². The lowest BCUT2D eigenvalue weighted by atomic mass is 9.92. The van der Waals surface area contributed by atoms with Crippen LogP contribution in [-0.2, 0) is 9.53 Å². The molecule has 70 valence electrons. The van der Waals surface area contributed by atoms with Gasteiger partial charge >= 0.3 is 0 Å². The van der Waals surface area contributed by atoms with Gasteiger partial charge in [0.05, 0.1) is 18.6 Å². The van der Waals surface area contributed by atoms with E-state index in [0.717, 1.165) is 0 Å². The van der Waals surface area contributed by atoms with Gasteiger partial charge in [-0.2, -0.15) is 0 Å². The fourth-order valence-corrected chi connectivity index (χ4v) is 0.613. The average Bonchev–Trinajstić information content (AvgIpc) is 2.12. The summed E-state index contributed by atoms with van der Waals surface area (Å²) >= 11 is 0. The second kappa shape index (κ2) is 4.95. The van der Waals surface area contributed by atoms with E-state index in [-0.39, 0.29) is 6.61 Å². The molecule has 0 aromatic rings. The smallest absolute Gasteiger partial charge is 0.296 e. The van der Waals surface area contributed by atoms with Gasteiger partial charge < -0.3 is 9.84 Å². The van der Waals surface area contributed by atoms with Crippen molar-refractivity contribution in [2.45, 2.75) is 13.8 Å². The molecule has 1 unspecified atom stereocenters. The van der Waals surface area contributed by atoms with E-state index < -0.39 is 17.9 Å². The second-order valence-corrected chi connectivity index (χ2v) is 2.75. The lowest BCUT2D eigenvalue weighted by Crippen LogP contribution is -2.35. The first-order chi connectivity index (χ1) is 5.60. The number of aliphatic hydroxyl groups excluding tert-OH is 1. The standard InChI is InChI=1S/C7H13NO4/c1-3-12-5-7(2,4-9)6(10)8-11/h9H,3-5H2,1-2H3. The van der Waals surface area contributed by atoms with Crippen molar-refractivity contribution in [3.8, 4) is 0 Å². The van der Waals surface area contributed by atoms with E-state index >= 15 is 0 Å². The van der Waals surface area contributed by atoms with Gasteiger partial charge in [-0.25, -0.2) is 0 Å². The molecule has 0 saturated heterocycles. The van der Waals surface area contributed by atoms with Gasteiger partial charge in [0.25, 0.3) is 5.91 Å². The molecule has 0 spiro atoms. The molecular weight excluding hydrogens is 162 g/mol. The molecule has 1 amide bonds. The molecule has 0 aromatic carbocycles. The van der Waals surface area contributed by atoms with E-state index in [1.807, 2.05) is 0 Å². The van der Waals surface area contributed by atoms with Gasteiger partial charge in [-0.1, -0.05) is 0 Å². The number of carbonyl (C=O) groups excluding carboxylic acids is 1. The number of nitroso groups, excluding NO2 is 1. The highest BCUT2D eigenvalue weighted by molar-refractivity contribution is 5.83. The van der Waals surface area contributed by atoms with Crippen LogP contribution in [0.2, 0.25) is 0 Å². The Hall–Kier alpha value is -0.810. The number of hydrogen-bond donors (Lipinski definition) is 1. The minimum atomic E-state index is -1.18. The number of aliphatic hydroxyl groups is 1. The van der Waals surface area contributed by atoms with Gasteiger partial charge in [-0.05, 0) is 13.8 Å². The lowest BCUT2D eigenvalue weighted by molar-refractivity contribution is -0.132. The molecule has 0 fully saturated rings. The van der Waals surface area contributed by atoms with E-state index in [0.29, 0.717) is 6.61 Å². The summed E-state index contributed by atoms with van der Waals surface area (Å²) in [5.74, 6) is -0.876. The molecule has 0 rings (SSSR count). The number of nitrogens with zero attached hydrogens (tertiary/aromatic N) is 1. The minimum absolute atomic E-state index is 0.0184. The summed E-state index contributed by atoms with van der Waals surface area (Å²) in [5.41, 5.74) is -1.18. The first-order valence-electron chi connectivity index (χ1n) is 3.67. The van der Waals surface area contributed by atoms with E-state index in [1.165, 1.54) is 6.92 Å². The van der Waals surface area contributed by atoms with Crippen molar-refractivity contribution in [1.82, 2.24) is 0 Å². The van der Waals surface area contributed by atoms with Crippen LogP contribution in [0.25, 0.3) is 0 Å². The first kappa shape index (κ1) is 11.2. The summed E-state index contributed by atoms with van der Waals surface area (Å²) in [6.07, 6.45) is 0. The van der Waals surface area contributed by atoms with Crippen molar-refractivity contribution in [1.29, 1.82) is 0 Å². The Morgan fingerprint density at radius 1 is 1.67 bits per heavy atom. The van der Waals surface area contributed by atoms with Gasteiger partial charge in [0.15, 0.2) is 0 Å². The Kier molecular flexibility index (Phi) is 4.61. The zero-order chi connectivity index (χ0) is 9.61. The van der Waals surface area contributed by atoms with Crippen LogP contribution in [0.15, 0.2) is 5.18 Å². The van der Waals surface area contributed by atoms with Gasteiger partial charge in [0.2, 0.25) is 0 Å². The van der Waals surface area contributed by atoms with Gasteiger partial charge in [0, 0.05) is 11.8 Å². The maximum atomic E-state index is 10.9. The van der Waals surface area contributed by atoms with Crippen molar-refractivity contribution in [2.24, 2.45) is 10.6 Å². The quantitative estimate of drug-likeness (QED) is 0.610. The highest BCUT2D eigenvalue weighted by Crippen LogP contribution is 2.17. The molecule has 1 N–H and O–H groups in total. The summed E-state index contributed by atoms with van der Waals surface area (Å²) in [4.78, 5) is 20.8. The summed E-state index contributed by atoms with van der Waals surface area (Å²) in [5, 5.41) is 11.1. The van der Waals surface area contributed by atoms with Crippen molar-refractivity contribution in [2.75, 3.05) is 19.8 Å². The van der Waals surface area contributed by atoms with Crippen LogP contribution in [-0.4, -0.2) is 30.8 Å². The Morgan fingerprint density at radius 3 is 2.58 bits per heavy atom. The molecule has 0 aliphatic rings. The monoisotopic (exact) mass is 175 g/mol. The summed E-state index contributed by atoms with van der Waals surface area (Å²) in [6, 6.07) is 0. The first-order valence-corrected chi connectivity index (χ1v) is 3.67. The number of ether oxygens (including phenoxy) is 1. The molecule has 0 aliphatic carbocycles. The van der Waals surface area contributed by atoms with Gasteiger partial charge in [0.1, 0.15) is 0 Å². The van der Waals surface area contributed by atoms with Crippen LogP contribution in [0.1, 0.15) is 13.8 Å². The maximum absolute atomic E-state index is 10.9.